The van der Waals surface area contributed by atoms with Crippen LogP contribution in [-0.4, -0.2) is 44.3 Å². The Morgan fingerprint density at radius 1 is 1.42 bits per heavy atom. The second kappa shape index (κ2) is 7.58. The molecule has 1 aromatic carbocycles. The zero-order chi connectivity index (χ0) is 13.5. The van der Waals surface area contributed by atoms with Crippen LogP contribution in [0.2, 0.25) is 0 Å². The third-order valence-corrected chi connectivity index (χ3v) is 3.46. The zero-order valence-electron chi connectivity index (χ0n) is 11.6. The van der Waals surface area contributed by atoms with E-state index in [2.05, 4.69) is 10.2 Å². The first-order valence-electron chi connectivity index (χ1n) is 7.00. The van der Waals surface area contributed by atoms with E-state index in [-0.39, 0.29) is 5.82 Å². The van der Waals surface area contributed by atoms with E-state index in [1.165, 1.54) is 12.5 Å². The fourth-order valence-corrected chi connectivity index (χ4v) is 2.33. The van der Waals surface area contributed by atoms with Gasteiger partial charge in [0.1, 0.15) is 5.82 Å². The molecule has 1 atom stereocenters. The van der Waals surface area contributed by atoms with Crippen molar-refractivity contribution in [3.8, 4) is 0 Å². The fourth-order valence-electron chi connectivity index (χ4n) is 2.33. The summed E-state index contributed by atoms with van der Waals surface area (Å²) >= 11 is 0. The molecule has 1 aliphatic heterocycles. The summed E-state index contributed by atoms with van der Waals surface area (Å²) in [5.74, 6) is -0.123. The van der Waals surface area contributed by atoms with Gasteiger partial charge in [0, 0.05) is 38.3 Å². The minimum Gasteiger partial charge on any atom is -0.377 e. The largest absolute Gasteiger partial charge is 0.377 e. The molecule has 1 heterocycles. The Labute approximate surface area is 114 Å². The van der Waals surface area contributed by atoms with Crippen molar-refractivity contribution in [2.75, 3.05) is 33.3 Å². The van der Waals surface area contributed by atoms with Gasteiger partial charge < -0.3 is 15.0 Å². The smallest absolute Gasteiger partial charge is 0.127 e. The number of ether oxygens (including phenoxy) is 1. The van der Waals surface area contributed by atoms with Gasteiger partial charge in [-0.1, -0.05) is 18.2 Å². The molecule has 0 bridgehead atoms. The summed E-state index contributed by atoms with van der Waals surface area (Å²) in [5.41, 5.74) is 0.754. The Balaban J connectivity index is 1.61. The molecule has 1 aromatic rings. The molecule has 0 saturated carbocycles. The maximum absolute atomic E-state index is 13.5. The lowest BCUT2D eigenvalue weighted by Crippen LogP contribution is -2.33. The Kier molecular flexibility index (Phi) is 5.76. The first-order valence-corrected chi connectivity index (χ1v) is 7.00. The molecule has 3 nitrogen and oxygen atoms in total. The van der Waals surface area contributed by atoms with Crippen molar-refractivity contribution in [3.63, 3.8) is 0 Å². The summed E-state index contributed by atoms with van der Waals surface area (Å²) in [6, 6.07) is 6.95. The van der Waals surface area contributed by atoms with E-state index in [0.29, 0.717) is 12.6 Å². The van der Waals surface area contributed by atoms with Crippen LogP contribution < -0.4 is 5.32 Å². The van der Waals surface area contributed by atoms with E-state index < -0.39 is 0 Å². The SMILES string of the molecule is CN(CCNCC1CCCO1)Cc1ccccc1F. The second-order valence-electron chi connectivity index (χ2n) is 5.17. The number of likely N-dealkylation sites (N-methyl/N-ethyl adjacent to an activating group) is 1. The van der Waals surface area contributed by atoms with Crippen molar-refractivity contribution >= 4 is 0 Å². The number of benzene rings is 1. The van der Waals surface area contributed by atoms with E-state index in [0.717, 1.165) is 38.2 Å². The van der Waals surface area contributed by atoms with Gasteiger partial charge in [0.25, 0.3) is 0 Å². The van der Waals surface area contributed by atoms with E-state index in [9.17, 15) is 4.39 Å². The van der Waals surface area contributed by atoms with Crippen molar-refractivity contribution in [3.05, 3.63) is 35.6 Å². The molecule has 4 heteroatoms. The summed E-state index contributed by atoms with van der Waals surface area (Å²) in [5, 5.41) is 3.40. The topological polar surface area (TPSA) is 24.5 Å². The van der Waals surface area contributed by atoms with Crippen LogP contribution in [0.4, 0.5) is 4.39 Å². The lowest BCUT2D eigenvalue weighted by atomic mass is 10.2. The van der Waals surface area contributed by atoms with Crippen LogP contribution in [0.5, 0.6) is 0 Å². The van der Waals surface area contributed by atoms with Crippen molar-refractivity contribution in [1.82, 2.24) is 10.2 Å². The highest BCUT2D eigenvalue weighted by Crippen LogP contribution is 2.10. The second-order valence-corrected chi connectivity index (χ2v) is 5.17. The average Bonchev–Trinajstić information content (AvgIpc) is 2.91. The molecule has 1 aliphatic rings. The molecule has 0 aliphatic carbocycles. The first-order chi connectivity index (χ1) is 9.25. The molecule has 1 fully saturated rings. The van der Waals surface area contributed by atoms with Crippen molar-refractivity contribution in [1.29, 1.82) is 0 Å². The molecule has 0 amide bonds. The van der Waals surface area contributed by atoms with Gasteiger partial charge in [0.15, 0.2) is 0 Å². The maximum Gasteiger partial charge on any atom is 0.127 e. The Bertz CT molecular complexity index is 380. The average molecular weight is 266 g/mol. The summed E-state index contributed by atoms with van der Waals surface area (Å²) < 4.78 is 19.0. The quantitative estimate of drug-likeness (QED) is 0.764. The van der Waals surface area contributed by atoms with Crippen molar-refractivity contribution in [2.45, 2.75) is 25.5 Å². The summed E-state index contributed by atoms with van der Waals surface area (Å²) in [4.78, 5) is 2.13. The standard InChI is InChI=1S/C15H23FN2O/c1-18(12-13-5-2-3-7-15(13)16)9-8-17-11-14-6-4-10-19-14/h2-3,5,7,14,17H,4,6,8-12H2,1H3. The van der Waals surface area contributed by atoms with Gasteiger partial charge in [-0.15, -0.1) is 0 Å². The summed E-state index contributed by atoms with van der Waals surface area (Å²) in [6.45, 7) is 4.28. The monoisotopic (exact) mass is 266 g/mol. The van der Waals surface area contributed by atoms with Gasteiger partial charge in [-0.3, -0.25) is 0 Å². The number of hydrogen-bond donors (Lipinski definition) is 1. The highest BCUT2D eigenvalue weighted by atomic mass is 19.1. The maximum atomic E-state index is 13.5. The number of halogens is 1. The summed E-state index contributed by atoms with van der Waals surface area (Å²) in [7, 11) is 2.01. The lowest BCUT2D eigenvalue weighted by Gasteiger charge is -2.18. The predicted octanol–water partition coefficient (Wildman–Crippen LogP) is 2.03. The Morgan fingerprint density at radius 2 is 2.26 bits per heavy atom. The van der Waals surface area contributed by atoms with Crippen LogP contribution in [0.3, 0.4) is 0 Å². The van der Waals surface area contributed by atoms with Crippen LogP contribution in [-0.2, 0) is 11.3 Å². The van der Waals surface area contributed by atoms with E-state index in [1.807, 2.05) is 19.2 Å². The molecule has 106 valence electrons. The van der Waals surface area contributed by atoms with Gasteiger partial charge in [0.05, 0.1) is 6.10 Å². The van der Waals surface area contributed by atoms with Crippen molar-refractivity contribution in [2.24, 2.45) is 0 Å². The van der Waals surface area contributed by atoms with Crippen LogP contribution >= 0.6 is 0 Å². The molecule has 1 saturated heterocycles. The van der Waals surface area contributed by atoms with Crippen molar-refractivity contribution < 1.29 is 9.13 Å². The third-order valence-electron chi connectivity index (χ3n) is 3.46. The predicted molar refractivity (Wildman–Crippen MR) is 74.6 cm³/mol. The number of hydrogen-bond acceptors (Lipinski definition) is 3. The third kappa shape index (κ3) is 4.90. The molecule has 19 heavy (non-hydrogen) atoms. The fraction of sp³-hybridized carbons (Fsp3) is 0.600. The Morgan fingerprint density at radius 3 is 3.00 bits per heavy atom. The molecular weight excluding hydrogens is 243 g/mol. The highest BCUT2D eigenvalue weighted by Gasteiger charge is 2.14. The molecule has 0 aromatic heterocycles. The molecule has 1 N–H and O–H groups in total. The van der Waals surface area contributed by atoms with Crippen LogP contribution in [0.25, 0.3) is 0 Å². The van der Waals surface area contributed by atoms with Crippen LogP contribution in [0.15, 0.2) is 24.3 Å². The molecule has 1 unspecified atom stereocenters. The van der Waals surface area contributed by atoms with E-state index in [1.54, 1.807) is 6.07 Å². The minimum atomic E-state index is -0.123. The number of nitrogens with zero attached hydrogens (tertiary/aromatic N) is 1. The lowest BCUT2D eigenvalue weighted by molar-refractivity contribution is 0.109. The normalized spacial score (nSPS) is 19.2. The molecule has 0 radical (unpaired) electrons. The van der Waals surface area contributed by atoms with Crippen LogP contribution in [0, 0.1) is 5.82 Å². The van der Waals surface area contributed by atoms with Gasteiger partial charge in [-0.25, -0.2) is 4.39 Å². The highest BCUT2D eigenvalue weighted by molar-refractivity contribution is 5.16. The minimum absolute atomic E-state index is 0.123. The van der Waals surface area contributed by atoms with E-state index in [4.69, 9.17) is 4.74 Å². The number of nitrogens with one attached hydrogen (secondary N) is 1. The first kappa shape index (κ1) is 14.4. The molecule has 2 rings (SSSR count). The molecular formula is C15H23FN2O. The number of rotatable bonds is 7. The van der Waals surface area contributed by atoms with Gasteiger partial charge in [0.2, 0.25) is 0 Å². The van der Waals surface area contributed by atoms with Gasteiger partial charge in [-0.2, -0.15) is 0 Å². The zero-order valence-corrected chi connectivity index (χ0v) is 11.6. The summed E-state index contributed by atoms with van der Waals surface area (Å²) in [6.07, 6.45) is 2.73. The van der Waals surface area contributed by atoms with Crippen LogP contribution in [0.1, 0.15) is 18.4 Å². The van der Waals surface area contributed by atoms with Gasteiger partial charge in [-0.05, 0) is 26.0 Å². The van der Waals surface area contributed by atoms with Gasteiger partial charge >= 0.3 is 0 Å². The molecule has 0 spiro atoms. The van der Waals surface area contributed by atoms with E-state index >= 15 is 0 Å². The Hall–Kier alpha value is -0.970.